The molecule has 2 heterocycles. The van der Waals surface area contributed by atoms with E-state index in [1.165, 1.54) is 29.7 Å². The highest BCUT2D eigenvalue weighted by atomic mass is 32.1. The summed E-state index contributed by atoms with van der Waals surface area (Å²) in [4.78, 5) is 26.1. The number of thiophene rings is 1. The lowest BCUT2D eigenvalue weighted by molar-refractivity contribution is 0.0844. The highest BCUT2D eigenvalue weighted by Gasteiger charge is 2.17. The zero-order valence-electron chi connectivity index (χ0n) is 12.5. The smallest absolute Gasteiger partial charge is 0.286 e. The minimum absolute atomic E-state index is 0.249. The lowest BCUT2D eigenvalue weighted by Gasteiger charge is -2.06. The van der Waals surface area contributed by atoms with Crippen LogP contribution in [0.5, 0.6) is 0 Å². The molecule has 0 fully saturated rings. The summed E-state index contributed by atoms with van der Waals surface area (Å²) in [7, 11) is 1.78. The second-order valence-electron chi connectivity index (χ2n) is 5.53. The van der Waals surface area contributed by atoms with Crippen molar-refractivity contribution in [1.29, 1.82) is 0 Å². The highest BCUT2D eigenvalue weighted by molar-refractivity contribution is 7.14. The fraction of sp³-hybridized carbons (Fsp3) is 0.375. The third-order valence-corrected chi connectivity index (χ3v) is 5.17. The minimum atomic E-state index is -0.320. The van der Waals surface area contributed by atoms with Crippen LogP contribution >= 0.6 is 11.3 Å². The normalized spacial score (nSPS) is 14.0. The second-order valence-corrected chi connectivity index (χ2v) is 6.67. The summed E-state index contributed by atoms with van der Waals surface area (Å²) in [6, 6.07) is 5.46. The van der Waals surface area contributed by atoms with Crippen molar-refractivity contribution >= 4 is 23.2 Å². The highest BCUT2D eigenvalue weighted by Crippen LogP contribution is 2.28. The molecule has 22 heavy (non-hydrogen) atoms. The molecule has 2 aromatic heterocycles. The fourth-order valence-corrected chi connectivity index (χ4v) is 3.86. The summed E-state index contributed by atoms with van der Waals surface area (Å²) >= 11 is 1.54. The largest absolute Gasteiger partial charge is 0.347 e. The number of nitrogens with zero attached hydrogens (tertiary/aromatic N) is 1. The predicted octanol–water partition coefficient (Wildman–Crippen LogP) is 2.43. The zero-order valence-corrected chi connectivity index (χ0v) is 13.3. The third-order valence-electron chi connectivity index (χ3n) is 3.94. The van der Waals surface area contributed by atoms with Gasteiger partial charge in [0.25, 0.3) is 11.8 Å². The van der Waals surface area contributed by atoms with Crippen LogP contribution < -0.4 is 10.9 Å². The molecular weight excluding hydrogens is 298 g/mol. The number of rotatable bonds is 2. The van der Waals surface area contributed by atoms with E-state index in [2.05, 4.69) is 10.9 Å². The maximum absolute atomic E-state index is 12.2. The van der Waals surface area contributed by atoms with E-state index in [0.29, 0.717) is 10.6 Å². The first-order valence-electron chi connectivity index (χ1n) is 7.49. The molecule has 0 saturated carbocycles. The summed E-state index contributed by atoms with van der Waals surface area (Å²) in [5.74, 6) is -0.570. The first-order valence-corrected chi connectivity index (χ1v) is 8.30. The molecule has 6 heteroatoms. The molecule has 2 N–H and O–H groups in total. The summed E-state index contributed by atoms with van der Waals surface area (Å²) in [5.41, 5.74) is 6.76. The van der Waals surface area contributed by atoms with Gasteiger partial charge in [0.2, 0.25) is 0 Å². The monoisotopic (exact) mass is 317 g/mol. The van der Waals surface area contributed by atoms with Crippen LogP contribution in [0.15, 0.2) is 24.4 Å². The van der Waals surface area contributed by atoms with Crippen molar-refractivity contribution in [3.8, 4) is 0 Å². The number of aryl methyl sites for hydroxylation is 3. The van der Waals surface area contributed by atoms with E-state index in [1.807, 2.05) is 6.07 Å². The topological polar surface area (TPSA) is 63.1 Å². The molecule has 5 nitrogen and oxygen atoms in total. The Labute approximate surface area is 133 Å². The second kappa shape index (κ2) is 6.36. The number of fused-ring (bicyclic) bond motifs is 1. The fourth-order valence-electron chi connectivity index (χ4n) is 2.72. The number of hydrogen-bond acceptors (Lipinski definition) is 3. The lowest BCUT2D eigenvalue weighted by Crippen LogP contribution is -2.41. The SMILES string of the molecule is Cn1cccc1C(=O)NNC(=O)c1cc2c(s1)CCCCC2. The standard InChI is InChI=1S/C16H19N3O2S/c1-19-9-5-7-12(19)15(20)17-18-16(21)14-10-11-6-3-2-4-8-13(11)22-14/h5,7,9-10H,2-4,6,8H2,1H3,(H,17,20)(H,18,21). The Bertz CT molecular complexity index is 679. The van der Waals surface area contributed by atoms with Gasteiger partial charge in [-0.1, -0.05) is 6.42 Å². The number of hydrazine groups is 1. The maximum Gasteiger partial charge on any atom is 0.286 e. The molecule has 0 aromatic carbocycles. The van der Waals surface area contributed by atoms with Crippen LogP contribution in [0.2, 0.25) is 0 Å². The molecule has 0 unspecified atom stereocenters. The van der Waals surface area contributed by atoms with Gasteiger partial charge in [-0.25, -0.2) is 0 Å². The molecule has 116 valence electrons. The number of carbonyl (C=O) groups is 2. The quantitative estimate of drug-likeness (QED) is 0.660. The average Bonchev–Trinajstić information content (AvgIpc) is 3.05. The molecule has 0 atom stereocenters. The molecule has 0 spiro atoms. The molecule has 1 aliphatic carbocycles. The van der Waals surface area contributed by atoms with E-state index < -0.39 is 0 Å². The van der Waals surface area contributed by atoms with Crippen molar-refractivity contribution in [2.45, 2.75) is 32.1 Å². The molecule has 2 aromatic rings. The van der Waals surface area contributed by atoms with Crippen molar-refractivity contribution < 1.29 is 9.59 Å². The van der Waals surface area contributed by atoms with Gasteiger partial charge in [0, 0.05) is 18.1 Å². The number of carbonyl (C=O) groups excluding carboxylic acids is 2. The Hall–Kier alpha value is -2.08. The van der Waals surface area contributed by atoms with Crippen LogP contribution in [-0.4, -0.2) is 16.4 Å². The van der Waals surface area contributed by atoms with Gasteiger partial charge >= 0.3 is 0 Å². The Morgan fingerprint density at radius 1 is 1.14 bits per heavy atom. The van der Waals surface area contributed by atoms with Crippen LogP contribution in [0.3, 0.4) is 0 Å². The Morgan fingerprint density at radius 2 is 1.91 bits per heavy atom. The van der Waals surface area contributed by atoms with E-state index >= 15 is 0 Å². The molecule has 0 aliphatic heterocycles. The van der Waals surface area contributed by atoms with Crippen molar-refractivity contribution in [2.24, 2.45) is 7.05 Å². The number of nitrogens with one attached hydrogen (secondary N) is 2. The lowest BCUT2D eigenvalue weighted by atomic mass is 10.1. The summed E-state index contributed by atoms with van der Waals surface area (Å²) < 4.78 is 1.70. The molecule has 1 aliphatic rings. The van der Waals surface area contributed by atoms with E-state index in [9.17, 15) is 9.59 Å². The minimum Gasteiger partial charge on any atom is -0.347 e. The molecule has 0 saturated heterocycles. The van der Waals surface area contributed by atoms with Gasteiger partial charge in [0.05, 0.1) is 4.88 Å². The summed E-state index contributed by atoms with van der Waals surface area (Å²) in [6.07, 6.45) is 7.54. The molecular formula is C16H19N3O2S. The van der Waals surface area contributed by atoms with E-state index in [0.717, 1.165) is 12.8 Å². The van der Waals surface area contributed by atoms with Crippen molar-refractivity contribution in [3.63, 3.8) is 0 Å². The Morgan fingerprint density at radius 3 is 2.68 bits per heavy atom. The van der Waals surface area contributed by atoms with Gasteiger partial charge in [-0.15, -0.1) is 11.3 Å². The van der Waals surface area contributed by atoms with Crippen molar-refractivity contribution in [3.05, 3.63) is 45.4 Å². The van der Waals surface area contributed by atoms with Crippen LogP contribution in [0.25, 0.3) is 0 Å². The molecule has 3 rings (SSSR count). The summed E-state index contributed by atoms with van der Waals surface area (Å²) in [6.45, 7) is 0. The van der Waals surface area contributed by atoms with Crippen molar-refractivity contribution in [1.82, 2.24) is 15.4 Å². The van der Waals surface area contributed by atoms with Crippen LogP contribution in [0.1, 0.15) is 49.9 Å². The molecule has 0 radical (unpaired) electrons. The number of amides is 2. The van der Waals surface area contributed by atoms with E-state index in [1.54, 1.807) is 41.3 Å². The Kier molecular flexibility index (Phi) is 4.29. The van der Waals surface area contributed by atoms with Gasteiger partial charge in [-0.2, -0.15) is 0 Å². The molecule has 2 amide bonds. The molecule has 0 bridgehead atoms. The van der Waals surface area contributed by atoms with Gasteiger partial charge in [-0.3, -0.25) is 20.4 Å². The average molecular weight is 317 g/mol. The van der Waals surface area contributed by atoms with Gasteiger partial charge in [-0.05, 0) is 49.4 Å². The van der Waals surface area contributed by atoms with Crippen LogP contribution in [0, 0.1) is 0 Å². The van der Waals surface area contributed by atoms with Gasteiger partial charge < -0.3 is 4.57 Å². The van der Waals surface area contributed by atoms with Crippen LogP contribution in [0.4, 0.5) is 0 Å². The third kappa shape index (κ3) is 3.06. The predicted molar refractivity (Wildman–Crippen MR) is 85.9 cm³/mol. The van der Waals surface area contributed by atoms with E-state index in [-0.39, 0.29) is 11.8 Å². The van der Waals surface area contributed by atoms with Crippen LogP contribution in [-0.2, 0) is 19.9 Å². The Balaban J connectivity index is 1.63. The summed E-state index contributed by atoms with van der Waals surface area (Å²) in [5, 5.41) is 0. The first kappa shape index (κ1) is 14.8. The maximum atomic E-state index is 12.2. The van der Waals surface area contributed by atoms with Crippen molar-refractivity contribution in [2.75, 3.05) is 0 Å². The van der Waals surface area contributed by atoms with Gasteiger partial charge in [0.1, 0.15) is 5.69 Å². The first-order chi connectivity index (χ1) is 10.6. The zero-order chi connectivity index (χ0) is 15.5. The van der Waals surface area contributed by atoms with Gasteiger partial charge in [0.15, 0.2) is 0 Å². The van der Waals surface area contributed by atoms with E-state index in [4.69, 9.17) is 0 Å². The number of hydrogen-bond donors (Lipinski definition) is 2. The number of aromatic nitrogens is 1.